The lowest BCUT2D eigenvalue weighted by atomic mass is 9.88. The quantitative estimate of drug-likeness (QED) is 0.729. The molecule has 78 valence electrons. The molecular formula is C11H22O2. The van der Waals surface area contributed by atoms with E-state index in [2.05, 4.69) is 13.8 Å². The highest BCUT2D eigenvalue weighted by Gasteiger charge is 2.20. The molecular weight excluding hydrogens is 164 g/mol. The predicted molar refractivity (Wildman–Crippen MR) is 53.6 cm³/mol. The van der Waals surface area contributed by atoms with E-state index >= 15 is 0 Å². The first-order valence-corrected chi connectivity index (χ1v) is 5.44. The third-order valence-corrected chi connectivity index (χ3v) is 2.72. The van der Waals surface area contributed by atoms with Crippen LogP contribution in [0.15, 0.2) is 0 Å². The van der Waals surface area contributed by atoms with Crippen LogP contribution in [0.1, 0.15) is 39.5 Å². The Morgan fingerprint density at radius 2 is 1.85 bits per heavy atom. The minimum absolute atomic E-state index is 0.358. The molecule has 0 bridgehead atoms. The third-order valence-electron chi connectivity index (χ3n) is 2.72. The van der Waals surface area contributed by atoms with Crippen molar-refractivity contribution >= 4 is 0 Å². The summed E-state index contributed by atoms with van der Waals surface area (Å²) in [6.45, 7) is 5.60. The summed E-state index contributed by atoms with van der Waals surface area (Å²) < 4.78 is 5.76. The average Bonchev–Trinajstić information content (AvgIpc) is 2.15. The monoisotopic (exact) mass is 186 g/mol. The minimum atomic E-state index is 0.358. The third kappa shape index (κ3) is 4.10. The van der Waals surface area contributed by atoms with Gasteiger partial charge in [-0.2, -0.15) is 0 Å². The van der Waals surface area contributed by atoms with Gasteiger partial charge in [0.05, 0.1) is 6.10 Å². The molecule has 1 aliphatic carbocycles. The number of hydrogen-bond donors (Lipinski definition) is 1. The Morgan fingerprint density at radius 3 is 2.31 bits per heavy atom. The second-order valence-electron chi connectivity index (χ2n) is 4.55. The van der Waals surface area contributed by atoms with E-state index in [0.29, 0.717) is 24.5 Å². The molecule has 0 radical (unpaired) electrons. The van der Waals surface area contributed by atoms with Gasteiger partial charge in [-0.05, 0) is 37.5 Å². The lowest BCUT2D eigenvalue weighted by Crippen LogP contribution is -2.24. The molecule has 13 heavy (non-hydrogen) atoms. The van der Waals surface area contributed by atoms with Gasteiger partial charge in [0.25, 0.3) is 0 Å². The Kier molecular flexibility index (Phi) is 4.74. The van der Waals surface area contributed by atoms with E-state index in [1.807, 2.05) is 0 Å². The zero-order valence-electron chi connectivity index (χ0n) is 8.83. The van der Waals surface area contributed by atoms with Gasteiger partial charge in [-0.15, -0.1) is 0 Å². The Hall–Kier alpha value is -0.0800. The topological polar surface area (TPSA) is 29.5 Å². The van der Waals surface area contributed by atoms with Gasteiger partial charge in [0, 0.05) is 13.2 Å². The van der Waals surface area contributed by atoms with E-state index in [-0.39, 0.29) is 0 Å². The van der Waals surface area contributed by atoms with E-state index in [4.69, 9.17) is 9.84 Å². The molecule has 0 atom stereocenters. The average molecular weight is 186 g/mol. The van der Waals surface area contributed by atoms with Gasteiger partial charge in [0.1, 0.15) is 0 Å². The molecule has 1 aliphatic rings. The van der Waals surface area contributed by atoms with Crippen LogP contribution in [-0.4, -0.2) is 24.4 Å². The lowest BCUT2D eigenvalue weighted by Gasteiger charge is -2.27. The van der Waals surface area contributed by atoms with Crippen LogP contribution in [0.25, 0.3) is 0 Å². The van der Waals surface area contributed by atoms with Gasteiger partial charge in [0.15, 0.2) is 0 Å². The summed E-state index contributed by atoms with van der Waals surface area (Å²) in [4.78, 5) is 0. The second kappa shape index (κ2) is 5.61. The van der Waals surface area contributed by atoms with Crippen molar-refractivity contribution in [1.82, 2.24) is 0 Å². The highest BCUT2D eigenvalue weighted by atomic mass is 16.5. The van der Waals surface area contributed by atoms with Crippen molar-refractivity contribution in [2.75, 3.05) is 13.2 Å². The standard InChI is InChI=1S/C11H22O2/c1-9(2)8-13-11-5-3-10(7-12)4-6-11/h9-12H,3-8H2,1-2H3. The van der Waals surface area contributed by atoms with Gasteiger partial charge in [-0.25, -0.2) is 0 Å². The van der Waals surface area contributed by atoms with Crippen LogP contribution in [0.2, 0.25) is 0 Å². The fourth-order valence-corrected chi connectivity index (χ4v) is 1.81. The van der Waals surface area contributed by atoms with E-state index < -0.39 is 0 Å². The van der Waals surface area contributed by atoms with E-state index in [0.717, 1.165) is 32.3 Å². The molecule has 0 aliphatic heterocycles. The van der Waals surface area contributed by atoms with Gasteiger partial charge in [0.2, 0.25) is 0 Å². The predicted octanol–water partition coefficient (Wildman–Crippen LogP) is 2.21. The molecule has 2 nitrogen and oxygen atoms in total. The van der Waals surface area contributed by atoms with Crippen molar-refractivity contribution in [2.24, 2.45) is 11.8 Å². The molecule has 2 heteroatoms. The minimum Gasteiger partial charge on any atom is -0.396 e. The number of ether oxygens (including phenoxy) is 1. The smallest absolute Gasteiger partial charge is 0.0575 e. The van der Waals surface area contributed by atoms with Crippen molar-refractivity contribution in [3.05, 3.63) is 0 Å². The lowest BCUT2D eigenvalue weighted by molar-refractivity contribution is -0.000962. The first-order valence-electron chi connectivity index (χ1n) is 5.44. The molecule has 1 N–H and O–H groups in total. The van der Waals surface area contributed by atoms with E-state index in [9.17, 15) is 0 Å². The zero-order valence-corrected chi connectivity index (χ0v) is 8.83. The number of hydrogen-bond acceptors (Lipinski definition) is 2. The summed E-state index contributed by atoms with van der Waals surface area (Å²) in [5, 5.41) is 8.95. The van der Waals surface area contributed by atoms with Crippen LogP contribution < -0.4 is 0 Å². The maximum absolute atomic E-state index is 8.95. The van der Waals surface area contributed by atoms with Crippen molar-refractivity contribution in [2.45, 2.75) is 45.6 Å². The van der Waals surface area contributed by atoms with Gasteiger partial charge in [-0.3, -0.25) is 0 Å². The number of aliphatic hydroxyl groups is 1. The van der Waals surface area contributed by atoms with Crippen LogP contribution in [0.5, 0.6) is 0 Å². The fourth-order valence-electron chi connectivity index (χ4n) is 1.81. The molecule has 0 aromatic rings. The van der Waals surface area contributed by atoms with Crippen LogP contribution in [-0.2, 0) is 4.74 Å². The number of aliphatic hydroxyl groups excluding tert-OH is 1. The molecule has 1 saturated carbocycles. The van der Waals surface area contributed by atoms with Gasteiger partial charge >= 0.3 is 0 Å². The molecule has 0 amide bonds. The molecule has 1 rings (SSSR count). The zero-order chi connectivity index (χ0) is 9.68. The van der Waals surface area contributed by atoms with Crippen LogP contribution in [0.3, 0.4) is 0 Å². The molecule has 0 unspecified atom stereocenters. The van der Waals surface area contributed by atoms with Crippen LogP contribution in [0.4, 0.5) is 0 Å². The molecule has 0 saturated heterocycles. The molecule has 1 fully saturated rings. The Morgan fingerprint density at radius 1 is 1.23 bits per heavy atom. The van der Waals surface area contributed by atoms with Crippen molar-refractivity contribution in [3.8, 4) is 0 Å². The molecule has 0 aromatic heterocycles. The maximum atomic E-state index is 8.95. The van der Waals surface area contributed by atoms with Gasteiger partial charge < -0.3 is 9.84 Å². The molecule has 0 heterocycles. The summed E-state index contributed by atoms with van der Waals surface area (Å²) in [6.07, 6.45) is 5.01. The van der Waals surface area contributed by atoms with E-state index in [1.54, 1.807) is 0 Å². The summed E-state index contributed by atoms with van der Waals surface area (Å²) in [7, 11) is 0. The first kappa shape index (κ1) is 11.0. The Bertz CT molecular complexity index is 126. The maximum Gasteiger partial charge on any atom is 0.0575 e. The van der Waals surface area contributed by atoms with Crippen LogP contribution >= 0.6 is 0 Å². The Labute approximate surface area is 81.3 Å². The van der Waals surface area contributed by atoms with Gasteiger partial charge in [-0.1, -0.05) is 13.8 Å². The summed E-state index contributed by atoms with van der Waals surface area (Å²) in [6, 6.07) is 0. The highest BCUT2D eigenvalue weighted by Crippen LogP contribution is 2.25. The summed E-state index contributed by atoms with van der Waals surface area (Å²) in [5.74, 6) is 1.18. The van der Waals surface area contributed by atoms with Crippen molar-refractivity contribution in [1.29, 1.82) is 0 Å². The molecule has 0 spiro atoms. The summed E-state index contributed by atoms with van der Waals surface area (Å²) in [5.41, 5.74) is 0. The van der Waals surface area contributed by atoms with E-state index in [1.165, 1.54) is 0 Å². The Balaban J connectivity index is 2.10. The first-order chi connectivity index (χ1) is 6.22. The SMILES string of the molecule is CC(C)COC1CCC(CO)CC1. The normalized spacial score (nSPS) is 29.5. The molecule has 0 aromatic carbocycles. The fraction of sp³-hybridized carbons (Fsp3) is 1.00. The van der Waals surface area contributed by atoms with Crippen molar-refractivity contribution < 1.29 is 9.84 Å². The second-order valence-corrected chi connectivity index (χ2v) is 4.55. The number of rotatable bonds is 4. The highest BCUT2D eigenvalue weighted by molar-refractivity contribution is 4.72. The van der Waals surface area contributed by atoms with Crippen LogP contribution in [0, 0.1) is 11.8 Å². The van der Waals surface area contributed by atoms with Crippen molar-refractivity contribution in [3.63, 3.8) is 0 Å². The summed E-state index contributed by atoms with van der Waals surface area (Å²) >= 11 is 0. The largest absolute Gasteiger partial charge is 0.396 e.